The maximum Gasteiger partial charge on any atom is 0.341 e. The van der Waals surface area contributed by atoms with Crippen LogP contribution in [0.1, 0.15) is 50.6 Å². The molecule has 174 valence electrons. The van der Waals surface area contributed by atoms with Crippen molar-refractivity contribution in [1.29, 1.82) is 0 Å². The Hall–Kier alpha value is -3.03. The topological polar surface area (TPSA) is 68.3 Å². The van der Waals surface area contributed by atoms with Crippen molar-refractivity contribution in [1.82, 2.24) is 4.98 Å². The number of hydrogen-bond donors (Lipinski definition) is 1. The Labute approximate surface area is 211 Å². The van der Waals surface area contributed by atoms with Crippen LogP contribution < -0.4 is 5.32 Å². The number of carbonyl (C=O) groups excluding carboxylic acids is 2. The van der Waals surface area contributed by atoms with E-state index in [0.29, 0.717) is 33.8 Å². The first kappa shape index (κ1) is 24.1. The molecule has 0 aliphatic rings. The van der Waals surface area contributed by atoms with Gasteiger partial charge < -0.3 is 10.1 Å². The van der Waals surface area contributed by atoms with Crippen LogP contribution in [0.4, 0.5) is 5.00 Å². The smallest absolute Gasteiger partial charge is 0.341 e. The van der Waals surface area contributed by atoms with Crippen LogP contribution in [0.2, 0.25) is 0 Å². The number of nitrogens with one attached hydrogen (secondary N) is 1. The molecule has 0 fully saturated rings. The Morgan fingerprint density at radius 1 is 1.06 bits per heavy atom. The Morgan fingerprint density at radius 3 is 2.47 bits per heavy atom. The summed E-state index contributed by atoms with van der Waals surface area (Å²) in [7, 11) is 0. The standard InChI is InChI=1S/C27H25BrN2O3S/c1-5-19-16(4)34-26(24(19)27(32)33-6-2)30-25(31)21-14-23(17-9-7-15(3)8-10-17)29-22-12-11-18(28)13-20(21)22/h7-14H,5-6H2,1-4H3,(H,30,31). The number of aryl methyl sites for hydroxylation is 2. The zero-order valence-corrected chi connectivity index (χ0v) is 21.9. The van der Waals surface area contributed by atoms with Crippen molar-refractivity contribution in [2.75, 3.05) is 11.9 Å². The van der Waals surface area contributed by atoms with E-state index in [1.165, 1.54) is 11.3 Å². The van der Waals surface area contributed by atoms with Crippen molar-refractivity contribution in [3.8, 4) is 11.3 Å². The van der Waals surface area contributed by atoms with Crippen molar-refractivity contribution in [2.24, 2.45) is 0 Å². The minimum absolute atomic E-state index is 0.271. The monoisotopic (exact) mass is 536 g/mol. The quantitative estimate of drug-likeness (QED) is 0.262. The van der Waals surface area contributed by atoms with E-state index in [1.54, 1.807) is 13.0 Å². The highest BCUT2D eigenvalue weighted by molar-refractivity contribution is 9.10. The third-order valence-corrected chi connectivity index (χ3v) is 7.19. The third kappa shape index (κ3) is 4.76. The number of thiophene rings is 1. The van der Waals surface area contributed by atoms with E-state index in [2.05, 4.69) is 21.2 Å². The molecular formula is C27H25BrN2O3S. The lowest BCUT2D eigenvalue weighted by atomic mass is 10.0. The Morgan fingerprint density at radius 2 is 1.79 bits per heavy atom. The first-order chi connectivity index (χ1) is 16.3. The molecule has 0 saturated heterocycles. The molecule has 5 nitrogen and oxygen atoms in total. The van der Waals surface area contributed by atoms with Gasteiger partial charge in [0.15, 0.2) is 0 Å². The fraction of sp³-hybridized carbons (Fsp3) is 0.222. The van der Waals surface area contributed by atoms with Crippen LogP contribution in [0.3, 0.4) is 0 Å². The molecule has 1 N–H and O–H groups in total. The number of rotatable bonds is 6. The summed E-state index contributed by atoms with van der Waals surface area (Å²) in [6.07, 6.45) is 0.676. The second kappa shape index (κ2) is 10.1. The average molecular weight is 537 g/mol. The summed E-state index contributed by atoms with van der Waals surface area (Å²) < 4.78 is 6.14. The van der Waals surface area contributed by atoms with Crippen molar-refractivity contribution in [2.45, 2.75) is 34.1 Å². The first-order valence-corrected chi connectivity index (χ1v) is 12.7. The highest BCUT2D eigenvalue weighted by Crippen LogP contribution is 2.35. The number of fused-ring (bicyclic) bond motifs is 1. The second-order valence-electron chi connectivity index (χ2n) is 7.95. The van der Waals surface area contributed by atoms with Gasteiger partial charge in [0.1, 0.15) is 5.00 Å². The number of benzene rings is 2. The fourth-order valence-electron chi connectivity index (χ4n) is 3.94. The molecule has 4 rings (SSSR count). The number of hydrogen-bond acceptors (Lipinski definition) is 5. The van der Waals surface area contributed by atoms with Gasteiger partial charge in [-0.25, -0.2) is 9.78 Å². The molecule has 0 atom stereocenters. The van der Waals surface area contributed by atoms with Crippen LogP contribution in [0, 0.1) is 13.8 Å². The van der Waals surface area contributed by atoms with Crippen molar-refractivity contribution in [3.63, 3.8) is 0 Å². The zero-order valence-electron chi connectivity index (χ0n) is 19.5. The number of halogens is 1. The number of esters is 1. The molecule has 2 aromatic carbocycles. The Balaban J connectivity index is 1.82. The molecule has 0 saturated carbocycles. The van der Waals surface area contributed by atoms with Crippen LogP contribution in [0.15, 0.2) is 53.0 Å². The van der Waals surface area contributed by atoms with E-state index in [9.17, 15) is 9.59 Å². The lowest BCUT2D eigenvalue weighted by Crippen LogP contribution is -2.16. The average Bonchev–Trinajstić information content (AvgIpc) is 3.13. The molecule has 2 heterocycles. The van der Waals surface area contributed by atoms with Crippen molar-refractivity contribution < 1.29 is 14.3 Å². The van der Waals surface area contributed by atoms with Gasteiger partial charge in [0, 0.05) is 20.3 Å². The molecule has 34 heavy (non-hydrogen) atoms. The fourth-order valence-corrected chi connectivity index (χ4v) is 5.43. The van der Waals surface area contributed by atoms with E-state index in [0.717, 1.165) is 31.4 Å². The van der Waals surface area contributed by atoms with Crippen LogP contribution in [0.5, 0.6) is 0 Å². The predicted molar refractivity (Wildman–Crippen MR) is 142 cm³/mol. The number of amides is 1. The molecule has 0 bridgehead atoms. The summed E-state index contributed by atoms with van der Waals surface area (Å²) in [5.74, 6) is -0.713. The number of aromatic nitrogens is 1. The van der Waals surface area contributed by atoms with E-state index in [1.807, 2.05) is 63.2 Å². The first-order valence-electron chi connectivity index (χ1n) is 11.1. The van der Waals surface area contributed by atoms with E-state index in [-0.39, 0.29) is 12.5 Å². The summed E-state index contributed by atoms with van der Waals surface area (Å²) in [6.45, 7) is 8.02. The van der Waals surface area contributed by atoms with Crippen LogP contribution in [0.25, 0.3) is 22.2 Å². The van der Waals surface area contributed by atoms with Gasteiger partial charge in [-0.2, -0.15) is 0 Å². The molecule has 0 aliphatic carbocycles. The molecule has 7 heteroatoms. The third-order valence-electron chi connectivity index (χ3n) is 5.63. The molecule has 4 aromatic rings. The summed E-state index contributed by atoms with van der Waals surface area (Å²) in [5.41, 5.74) is 5.34. The van der Waals surface area contributed by atoms with Gasteiger partial charge in [-0.15, -0.1) is 11.3 Å². The van der Waals surface area contributed by atoms with Gasteiger partial charge in [0.05, 0.1) is 28.9 Å². The zero-order chi connectivity index (χ0) is 24.4. The van der Waals surface area contributed by atoms with Gasteiger partial charge in [0.25, 0.3) is 5.91 Å². The molecular weight excluding hydrogens is 512 g/mol. The number of pyridine rings is 1. The summed E-state index contributed by atoms with van der Waals surface area (Å²) in [6, 6.07) is 15.5. The van der Waals surface area contributed by atoms with Gasteiger partial charge in [-0.1, -0.05) is 52.7 Å². The maximum atomic E-state index is 13.6. The lowest BCUT2D eigenvalue weighted by Gasteiger charge is -2.12. The highest BCUT2D eigenvalue weighted by atomic mass is 79.9. The molecule has 0 unspecified atom stereocenters. The van der Waals surface area contributed by atoms with Gasteiger partial charge in [0.2, 0.25) is 0 Å². The summed E-state index contributed by atoms with van der Waals surface area (Å²) in [5, 5.41) is 4.23. The largest absolute Gasteiger partial charge is 0.462 e. The highest BCUT2D eigenvalue weighted by Gasteiger charge is 2.24. The van der Waals surface area contributed by atoms with Gasteiger partial charge >= 0.3 is 5.97 Å². The Bertz CT molecular complexity index is 1390. The Kier molecular flexibility index (Phi) is 7.14. The van der Waals surface area contributed by atoms with E-state index >= 15 is 0 Å². The minimum atomic E-state index is -0.415. The van der Waals surface area contributed by atoms with Crippen molar-refractivity contribution in [3.05, 3.63) is 80.1 Å². The van der Waals surface area contributed by atoms with E-state index in [4.69, 9.17) is 9.72 Å². The number of ether oxygens (including phenoxy) is 1. The predicted octanol–water partition coefficient (Wildman–Crippen LogP) is 7.33. The minimum Gasteiger partial charge on any atom is -0.462 e. The summed E-state index contributed by atoms with van der Waals surface area (Å²) in [4.78, 5) is 32.1. The molecule has 0 aliphatic heterocycles. The van der Waals surface area contributed by atoms with E-state index < -0.39 is 5.97 Å². The lowest BCUT2D eigenvalue weighted by molar-refractivity contribution is 0.0527. The molecule has 0 radical (unpaired) electrons. The number of nitrogens with zero attached hydrogens (tertiary/aromatic N) is 1. The number of carbonyl (C=O) groups is 2. The molecule has 0 spiro atoms. The normalized spacial score (nSPS) is 11.0. The maximum absolute atomic E-state index is 13.6. The molecule has 1 amide bonds. The number of anilines is 1. The van der Waals surface area contributed by atoms with Crippen LogP contribution in [-0.4, -0.2) is 23.5 Å². The molecule has 2 aromatic heterocycles. The van der Waals surface area contributed by atoms with Crippen LogP contribution in [-0.2, 0) is 11.2 Å². The SMILES string of the molecule is CCOC(=O)c1c(NC(=O)c2cc(-c3ccc(C)cc3)nc3ccc(Br)cc23)sc(C)c1CC. The van der Waals surface area contributed by atoms with Gasteiger partial charge in [-0.3, -0.25) is 4.79 Å². The summed E-state index contributed by atoms with van der Waals surface area (Å²) >= 11 is 4.90. The second-order valence-corrected chi connectivity index (χ2v) is 10.1. The van der Waals surface area contributed by atoms with Gasteiger partial charge in [-0.05, 0) is 57.0 Å². The van der Waals surface area contributed by atoms with Crippen LogP contribution >= 0.6 is 27.3 Å². The van der Waals surface area contributed by atoms with Crippen molar-refractivity contribution >= 4 is 55.0 Å².